The zero-order valence-electron chi connectivity index (χ0n) is 28.5. The van der Waals surface area contributed by atoms with Crippen LogP contribution in [0.1, 0.15) is 84.0 Å². The molecule has 0 aliphatic heterocycles. The highest BCUT2D eigenvalue weighted by molar-refractivity contribution is 6.00. The smallest absolute Gasteiger partial charge is 0.335 e. The predicted molar refractivity (Wildman–Crippen MR) is 189 cm³/mol. The van der Waals surface area contributed by atoms with Crippen LogP contribution in [0.3, 0.4) is 0 Å². The van der Waals surface area contributed by atoms with Gasteiger partial charge in [0.25, 0.3) is 5.91 Å². The summed E-state index contributed by atoms with van der Waals surface area (Å²) in [6.07, 6.45) is 2.83. The second-order valence-corrected chi connectivity index (χ2v) is 13.5. The highest BCUT2D eigenvalue weighted by atomic mass is 16.4. The number of aromatic nitrogens is 2. The van der Waals surface area contributed by atoms with Gasteiger partial charge < -0.3 is 26.2 Å². The molecule has 1 aromatic heterocycles. The van der Waals surface area contributed by atoms with Gasteiger partial charge in [0, 0.05) is 35.2 Å². The molecule has 1 fully saturated rings. The molecule has 1 aliphatic rings. The minimum Gasteiger partial charge on any atom is -0.478 e. The number of anilines is 2. The van der Waals surface area contributed by atoms with Gasteiger partial charge in [-0.2, -0.15) is 5.10 Å². The fourth-order valence-electron chi connectivity index (χ4n) is 5.81. The van der Waals surface area contributed by atoms with Crippen molar-refractivity contribution in [3.05, 3.63) is 107 Å². The SMILES string of the molecule is Cc1ccc(C(=O)NC(O)(NC(=O)NCc2ccc(-n3nc(C(C)(C)C)cc3NC(=O)Nc3ccccc3)cc2)C2CCCC2)cc1C(=O)O. The third-order valence-electron chi connectivity index (χ3n) is 8.67. The lowest BCUT2D eigenvalue weighted by Crippen LogP contribution is -2.66. The number of carboxylic acid groups (broad SMARTS) is 1. The average Bonchev–Trinajstić information content (AvgIpc) is 3.76. The Kier molecular flexibility index (Phi) is 10.6. The van der Waals surface area contributed by atoms with Crippen LogP contribution in [0.15, 0.2) is 78.9 Å². The maximum absolute atomic E-state index is 13.2. The molecule has 3 aromatic carbocycles. The summed E-state index contributed by atoms with van der Waals surface area (Å²) < 4.78 is 1.65. The van der Waals surface area contributed by atoms with Gasteiger partial charge in [-0.3, -0.25) is 15.4 Å². The first-order valence-electron chi connectivity index (χ1n) is 16.5. The molecular weight excluding hydrogens is 638 g/mol. The van der Waals surface area contributed by atoms with Crippen molar-refractivity contribution in [3.63, 3.8) is 0 Å². The predicted octanol–water partition coefficient (Wildman–Crippen LogP) is 5.89. The standard InChI is InChI=1S/C37H43N7O6/c1-23-14-17-25(20-29(23)33(46)47)32(45)41-37(50,26-10-8-9-11-26)42-34(48)38-22-24-15-18-28(19-16-24)44-31(21-30(43-44)36(2,3)4)40-35(49)39-27-12-6-5-7-13-27/h5-7,12-21,26,50H,8-11,22H2,1-4H3,(H,41,45)(H,46,47)(H2,38,42,48)(H2,39,40,49). The molecule has 4 aromatic rings. The fraction of sp³-hybridized carbons (Fsp3) is 0.324. The highest BCUT2D eigenvalue weighted by Crippen LogP contribution is 2.32. The van der Waals surface area contributed by atoms with Gasteiger partial charge in [-0.15, -0.1) is 0 Å². The van der Waals surface area contributed by atoms with E-state index in [1.807, 2.05) is 69.3 Å². The van der Waals surface area contributed by atoms with Crippen molar-refractivity contribution in [1.82, 2.24) is 25.7 Å². The molecule has 1 aliphatic carbocycles. The van der Waals surface area contributed by atoms with E-state index in [0.29, 0.717) is 35.6 Å². The van der Waals surface area contributed by atoms with Crippen LogP contribution < -0.4 is 26.6 Å². The lowest BCUT2D eigenvalue weighted by atomic mass is 9.92. The second-order valence-electron chi connectivity index (χ2n) is 13.5. The van der Waals surface area contributed by atoms with E-state index in [9.17, 15) is 29.4 Å². The Morgan fingerprint density at radius 2 is 1.54 bits per heavy atom. The number of carboxylic acids is 1. The van der Waals surface area contributed by atoms with Crippen molar-refractivity contribution in [1.29, 1.82) is 0 Å². The molecule has 13 nitrogen and oxygen atoms in total. The van der Waals surface area contributed by atoms with Crippen molar-refractivity contribution in [2.45, 2.75) is 71.2 Å². The summed E-state index contributed by atoms with van der Waals surface area (Å²) in [4.78, 5) is 50.7. The number of nitrogens with zero attached hydrogens (tertiary/aromatic N) is 2. The average molecular weight is 682 g/mol. The van der Waals surface area contributed by atoms with E-state index in [4.69, 9.17) is 5.10 Å². The van der Waals surface area contributed by atoms with E-state index in [2.05, 4.69) is 26.6 Å². The normalized spacial score (nSPS) is 14.3. The van der Waals surface area contributed by atoms with Gasteiger partial charge in [-0.25, -0.2) is 19.1 Å². The minimum absolute atomic E-state index is 0.0259. The molecule has 7 N–H and O–H groups in total. The first kappa shape index (κ1) is 35.6. The van der Waals surface area contributed by atoms with E-state index in [0.717, 1.165) is 24.1 Å². The topological polar surface area (TPSA) is 187 Å². The Bertz CT molecular complexity index is 1860. The largest absolute Gasteiger partial charge is 0.478 e. The molecule has 0 spiro atoms. The number of carbonyl (C=O) groups excluding carboxylic acids is 3. The number of urea groups is 2. The number of aliphatic hydroxyl groups is 1. The van der Waals surface area contributed by atoms with Crippen molar-refractivity contribution >= 4 is 35.4 Å². The van der Waals surface area contributed by atoms with Crippen LogP contribution in [0.4, 0.5) is 21.1 Å². The summed E-state index contributed by atoms with van der Waals surface area (Å²) in [6.45, 7) is 7.83. The Morgan fingerprint density at radius 3 is 2.18 bits per heavy atom. The zero-order valence-corrected chi connectivity index (χ0v) is 28.5. The number of hydrogen-bond donors (Lipinski definition) is 7. The molecule has 1 heterocycles. The monoisotopic (exact) mass is 681 g/mol. The first-order valence-corrected chi connectivity index (χ1v) is 16.5. The third kappa shape index (κ3) is 8.66. The van der Waals surface area contributed by atoms with Crippen molar-refractivity contribution < 1.29 is 29.4 Å². The molecule has 0 radical (unpaired) electrons. The minimum atomic E-state index is -2.06. The van der Waals surface area contributed by atoms with E-state index < -0.39 is 35.7 Å². The van der Waals surface area contributed by atoms with Crippen molar-refractivity contribution in [2.24, 2.45) is 5.92 Å². The molecule has 1 unspecified atom stereocenters. The number of amides is 5. The van der Waals surface area contributed by atoms with Gasteiger partial charge in [0.15, 0.2) is 0 Å². The number of nitrogens with one attached hydrogen (secondary N) is 5. The molecule has 50 heavy (non-hydrogen) atoms. The summed E-state index contributed by atoms with van der Waals surface area (Å²) >= 11 is 0. The molecule has 0 saturated heterocycles. The summed E-state index contributed by atoms with van der Waals surface area (Å²) in [5.41, 5.74) is 3.10. The number of carbonyl (C=O) groups is 4. The van der Waals surface area contributed by atoms with E-state index in [1.54, 1.807) is 23.7 Å². The number of aryl methyl sites for hydroxylation is 1. The molecule has 13 heteroatoms. The lowest BCUT2D eigenvalue weighted by Gasteiger charge is -2.35. The maximum Gasteiger partial charge on any atom is 0.335 e. The molecular formula is C37H43N7O6. The summed E-state index contributed by atoms with van der Waals surface area (Å²) in [7, 11) is 0. The molecule has 5 amide bonds. The van der Waals surface area contributed by atoms with Crippen LogP contribution in [0.5, 0.6) is 0 Å². The van der Waals surface area contributed by atoms with Crippen molar-refractivity contribution in [3.8, 4) is 5.69 Å². The maximum atomic E-state index is 13.2. The van der Waals surface area contributed by atoms with Crippen LogP contribution in [-0.2, 0) is 12.0 Å². The van der Waals surface area contributed by atoms with Crippen LogP contribution in [0.25, 0.3) is 5.69 Å². The number of benzene rings is 3. The Hall–Kier alpha value is -5.69. The van der Waals surface area contributed by atoms with Crippen LogP contribution in [0, 0.1) is 12.8 Å². The molecule has 1 atom stereocenters. The first-order chi connectivity index (χ1) is 23.7. The number of hydrogen-bond acceptors (Lipinski definition) is 6. The lowest BCUT2D eigenvalue weighted by molar-refractivity contribution is -0.0588. The summed E-state index contributed by atoms with van der Waals surface area (Å²) in [5, 5.41) is 39.3. The van der Waals surface area contributed by atoms with Gasteiger partial charge >= 0.3 is 18.0 Å². The van der Waals surface area contributed by atoms with Gasteiger partial charge in [0.2, 0.25) is 5.85 Å². The third-order valence-corrected chi connectivity index (χ3v) is 8.67. The molecule has 262 valence electrons. The van der Waals surface area contributed by atoms with E-state index in [1.165, 1.54) is 18.2 Å². The highest BCUT2D eigenvalue weighted by Gasteiger charge is 2.41. The van der Waals surface area contributed by atoms with Gasteiger partial charge in [-0.1, -0.05) is 70.0 Å². The van der Waals surface area contributed by atoms with Gasteiger partial charge in [-0.05, 0) is 67.3 Å². The second kappa shape index (κ2) is 14.8. The summed E-state index contributed by atoms with van der Waals surface area (Å²) in [5.74, 6) is -3.90. The molecule has 5 rings (SSSR count). The quantitative estimate of drug-likeness (QED) is 0.102. The number of aromatic carboxylic acids is 1. The number of para-hydroxylation sites is 1. The molecule has 0 bridgehead atoms. The van der Waals surface area contributed by atoms with Crippen LogP contribution in [0.2, 0.25) is 0 Å². The van der Waals surface area contributed by atoms with Crippen LogP contribution in [-0.4, -0.2) is 49.8 Å². The Labute approximate surface area is 290 Å². The summed E-state index contributed by atoms with van der Waals surface area (Å²) in [6, 6.07) is 21.3. The molecule has 1 saturated carbocycles. The Balaban J connectivity index is 1.25. The Morgan fingerprint density at radius 1 is 0.860 bits per heavy atom. The van der Waals surface area contributed by atoms with Crippen LogP contribution >= 0.6 is 0 Å². The fourth-order valence-corrected chi connectivity index (χ4v) is 5.81. The van der Waals surface area contributed by atoms with Gasteiger partial charge in [0.1, 0.15) is 5.82 Å². The van der Waals surface area contributed by atoms with E-state index in [-0.39, 0.29) is 23.1 Å². The van der Waals surface area contributed by atoms with E-state index >= 15 is 0 Å². The zero-order chi connectivity index (χ0) is 36.1. The number of rotatable bonds is 10. The van der Waals surface area contributed by atoms with Crippen molar-refractivity contribution in [2.75, 3.05) is 10.6 Å². The van der Waals surface area contributed by atoms with Gasteiger partial charge in [0.05, 0.1) is 16.9 Å².